The van der Waals surface area contributed by atoms with Crippen molar-refractivity contribution in [3.05, 3.63) is 65.6 Å². The largest absolute Gasteiger partial charge is 0.619 e. The Morgan fingerprint density at radius 2 is 1.69 bits per heavy atom. The third-order valence-corrected chi connectivity index (χ3v) is 2.49. The Bertz CT molecular complexity index is 439. The van der Waals surface area contributed by atoms with Crippen LogP contribution in [-0.2, 0) is 6.54 Å². The van der Waals surface area contributed by atoms with Gasteiger partial charge in [0.1, 0.15) is 0 Å². The Labute approximate surface area is 95.2 Å². The Kier molecular flexibility index (Phi) is 3.05. The van der Waals surface area contributed by atoms with Gasteiger partial charge >= 0.3 is 0 Å². The van der Waals surface area contributed by atoms with Gasteiger partial charge in [0.05, 0.1) is 0 Å². The maximum absolute atomic E-state index is 10.9. The summed E-state index contributed by atoms with van der Waals surface area (Å²) in [5.41, 5.74) is 2.29. The second-order valence-electron chi connectivity index (χ2n) is 3.76. The van der Waals surface area contributed by atoms with Crippen LogP contribution < -0.4 is 9.63 Å². The smallest absolute Gasteiger partial charge is 0.182 e. The number of aromatic nitrogens is 1. The van der Waals surface area contributed by atoms with Crippen LogP contribution in [0.2, 0.25) is 0 Å². The van der Waals surface area contributed by atoms with Gasteiger partial charge in [0, 0.05) is 31.4 Å². The molecule has 3 nitrogen and oxygen atoms in total. The normalized spacial score (nSPS) is 10.1. The van der Waals surface area contributed by atoms with E-state index < -0.39 is 0 Å². The van der Waals surface area contributed by atoms with Crippen LogP contribution in [0.3, 0.4) is 0 Å². The molecule has 0 aliphatic rings. The SMILES string of the molecule is CN(Cc1ccccc1)c1cc[n+]([O-])cc1. The number of benzene rings is 1. The highest BCUT2D eigenvalue weighted by molar-refractivity contribution is 5.43. The Morgan fingerprint density at radius 1 is 1.06 bits per heavy atom. The zero-order valence-corrected chi connectivity index (χ0v) is 9.21. The van der Waals surface area contributed by atoms with Gasteiger partial charge in [-0.2, -0.15) is 4.73 Å². The van der Waals surface area contributed by atoms with Crippen molar-refractivity contribution in [2.45, 2.75) is 6.54 Å². The van der Waals surface area contributed by atoms with Gasteiger partial charge in [0.25, 0.3) is 0 Å². The van der Waals surface area contributed by atoms with Gasteiger partial charge in [-0.15, -0.1) is 0 Å². The van der Waals surface area contributed by atoms with E-state index in [0.29, 0.717) is 0 Å². The van der Waals surface area contributed by atoms with E-state index >= 15 is 0 Å². The number of nitrogens with zero attached hydrogens (tertiary/aromatic N) is 2. The van der Waals surface area contributed by atoms with E-state index in [1.165, 1.54) is 18.0 Å². The van der Waals surface area contributed by atoms with Gasteiger partial charge in [0.2, 0.25) is 0 Å². The lowest BCUT2D eigenvalue weighted by atomic mass is 10.2. The first-order chi connectivity index (χ1) is 7.75. The highest BCUT2D eigenvalue weighted by Crippen LogP contribution is 2.12. The van der Waals surface area contributed by atoms with E-state index in [1.807, 2.05) is 37.4 Å². The lowest BCUT2D eigenvalue weighted by Gasteiger charge is -2.18. The molecule has 82 valence electrons. The molecule has 0 saturated carbocycles. The molecule has 2 rings (SSSR count). The topological polar surface area (TPSA) is 30.2 Å². The number of hydrogen-bond acceptors (Lipinski definition) is 2. The average Bonchev–Trinajstić information content (AvgIpc) is 2.31. The fourth-order valence-corrected chi connectivity index (χ4v) is 1.61. The molecule has 0 spiro atoms. The van der Waals surface area contributed by atoms with E-state index in [1.54, 1.807) is 0 Å². The van der Waals surface area contributed by atoms with E-state index in [0.717, 1.165) is 17.0 Å². The summed E-state index contributed by atoms with van der Waals surface area (Å²) in [5.74, 6) is 0. The minimum absolute atomic E-state index is 0.792. The highest BCUT2D eigenvalue weighted by atomic mass is 16.5. The van der Waals surface area contributed by atoms with Gasteiger partial charge in [0.15, 0.2) is 12.4 Å². The van der Waals surface area contributed by atoms with Crippen molar-refractivity contribution in [2.24, 2.45) is 0 Å². The monoisotopic (exact) mass is 214 g/mol. The molecular weight excluding hydrogens is 200 g/mol. The van der Waals surface area contributed by atoms with Crippen LogP contribution in [0.1, 0.15) is 5.56 Å². The molecule has 16 heavy (non-hydrogen) atoms. The van der Waals surface area contributed by atoms with Crippen molar-refractivity contribution in [1.82, 2.24) is 0 Å². The molecule has 0 unspecified atom stereocenters. The lowest BCUT2D eigenvalue weighted by Crippen LogP contribution is -2.25. The molecule has 1 aromatic carbocycles. The highest BCUT2D eigenvalue weighted by Gasteiger charge is 2.02. The standard InChI is InChI=1S/C13H14N2O/c1-14(11-12-5-3-2-4-6-12)13-7-9-15(16)10-8-13/h2-10H,11H2,1H3. The summed E-state index contributed by atoms with van der Waals surface area (Å²) in [6.45, 7) is 0.837. The average molecular weight is 214 g/mol. The Morgan fingerprint density at radius 3 is 2.31 bits per heavy atom. The predicted octanol–water partition coefficient (Wildman–Crippen LogP) is 1.96. The minimum Gasteiger partial charge on any atom is -0.619 e. The number of hydrogen-bond donors (Lipinski definition) is 0. The maximum Gasteiger partial charge on any atom is 0.182 e. The molecule has 1 heterocycles. The minimum atomic E-state index is 0.792. The van der Waals surface area contributed by atoms with Crippen LogP contribution in [0.5, 0.6) is 0 Å². The summed E-state index contributed by atoms with van der Waals surface area (Å²) in [5, 5.41) is 10.9. The number of rotatable bonds is 3. The molecule has 0 saturated heterocycles. The molecule has 0 aliphatic heterocycles. The summed E-state index contributed by atoms with van der Waals surface area (Å²) in [7, 11) is 2.01. The van der Waals surface area contributed by atoms with Gasteiger partial charge in [-0.1, -0.05) is 30.3 Å². The van der Waals surface area contributed by atoms with Crippen LogP contribution in [0.25, 0.3) is 0 Å². The first kappa shape index (κ1) is 10.5. The lowest BCUT2D eigenvalue weighted by molar-refractivity contribution is -0.605. The van der Waals surface area contributed by atoms with Gasteiger partial charge in [-0.3, -0.25) is 0 Å². The van der Waals surface area contributed by atoms with Crippen LogP contribution in [-0.4, -0.2) is 7.05 Å². The van der Waals surface area contributed by atoms with E-state index in [9.17, 15) is 5.21 Å². The summed E-state index contributed by atoms with van der Waals surface area (Å²) < 4.78 is 0.792. The summed E-state index contributed by atoms with van der Waals surface area (Å²) in [6.07, 6.45) is 3.02. The molecule has 2 aromatic rings. The molecule has 0 fully saturated rings. The summed E-state index contributed by atoms with van der Waals surface area (Å²) in [6, 6.07) is 13.9. The van der Waals surface area contributed by atoms with Crippen molar-refractivity contribution in [2.75, 3.05) is 11.9 Å². The van der Waals surface area contributed by atoms with Gasteiger partial charge in [-0.05, 0) is 5.56 Å². The van der Waals surface area contributed by atoms with Crippen molar-refractivity contribution >= 4 is 5.69 Å². The summed E-state index contributed by atoms with van der Waals surface area (Å²) in [4.78, 5) is 2.11. The quantitative estimate of drug-likeness (QED) is 0.577. The van der Waals surface area contributed by atoms with E-state index in [4.69, 9.17) is 0 Å². The second kappa shape index (κ2) is 4.66. The van der Waals surface area contributed by atoms with Crippen LogP contribution in [0.15, 0.2) is 54.9 Å². The fraction of sp³-hybridized carbons (Fsp3) is 0.154. The first-order valence-corrected chi connectivity index (χ1v) is 5.19. The second-order valence-corrected chi connectivity index (χ2v) is 3.76. The first-order valence-electron chi connectivity index (χ1n) is 5.19. The zero-order chi connectivity index (χ0) is 11.4. The predicted molar refractivity (Wildman–Crippen MR) is 64.0 cm³/mol. The number of pyridine rings is 1. The van der Waals surface area contributed by atoms with Gasteiger partial charge < -0.3 is 10.1 Å². The Hall–Kier alpha value is -2.03. The molecule has 0 atom stereocenters. The van der Waals surface area contributed by atoms with Crippen molar-refractivity contribution in [3.8, 4) is 0 Å². The van der Waals surface area contributed by atoms with E-state index in [2.05, 4.69) is 17.0 Å². The maximum atomic E-state index is 10.9. The van der Waals surface area contributed by atoms with Crippen LogP contribution in [0, 0.1) is 5.21 Å². The molecule has 0 aliphatic carbocycles. The van der Waals surface area contributed by atoms with Crippen LogP contribution in [0.4, 0.5) is 5.69 Å². The molecule has 3 heteroatoms. The van der Waals surface area contributed by atoms with E-state index in [-0.39, 0.29) is 0 Å². The molecule has 1 aromatic heterocycles. The van der Waals surface area contributed by atoms with Gasteiger partial charge in [-0.25, -0.2) is 0 Å². The third kappa shape index (κ3) is 2.51. The van der Waals surface area contributed by atoms with Crippen molar-refractivity contribution in [1.29, 1.82) is 0 Å². The summed E-state index contributed by atoms with van der Waals surface area (Å²) >= 11 is 0. The molecule has 0 bridgehead atoms. The number of anilines is 1. The van der Waals surface area contributed by atoms with Crippen molar-refractivity contribution in [3.63, 3.8) is 0 Å². The Balaban J connectivity index is 2.09. The van der Waals surface area contributed by atoms with Crippen LogP contribution >= 0.6 is 0 Å². The fourth-order valence-electron chi connectivity index (χ4n) is 1.61. The molecule has 0 amide bonds. The molecule has 0 N–H and O–H groups in total. The van der Waals surface area contributed by atoms with Crippen molar-refractivity contribution < 1.29 is 4.73 Å². The molecule has 0 radical (unpaired) electrons. The molecular formula is C13H14N2O. The third-order valence-electron chi connectivity index (χ3n) is 2.49. The zero-order valence-electron chi connectivity index (χ0n) is 9.21.